The van der Waals surface area contributed by atoms with Gasteiger partial charge in [0.25, 0.3) is 5.91 Å². The van der Waals surface area contributed by atoms with Crippen molar-refractivity contribution in [1.29, 1.82) is 0 Å². The highest BCUT2D eigenvalue weighted by Gasteiger charge is 2.16. The molecule has 0 saturated heterocycles. The molecule has 104 valence electrons. The van der Waals surface area contributed by atoms with Crippen molar-refractivity contribution >= 4 is 73.9 Å². The first kappa shape index (κ1) is 15.9. The largest absolute Gasteiger partial charge is 0.319 e. The molecule has 0 radical (unpaired) electrons. The molecule has 0 saturated carbocycles. The van der Waals surface area contributed by atoms with Crippen molar-refractivity contribution in [3.8, 4) is 0 Å². The molecule has 1 aromatic heterocycles. The molecule has 1 N–H and O–H groups in total. The first-order chi connectivity index (χ1) is 9.40. The normalized spacial score (nSPS) is 10.4. The van der Waals surface area contributed by atoms with Gasteiger partial charge in [-0.25, -0.2) is 4.98 Å². The molecular weight excluding hydrogens is 410 g/mol. The number of carbonyl (C=O) groups excluding carboxylic acids is 1. The minimum atomic E-state index is -0.530. The van der Waals surface area contributed by atoms with Crippen LogP contribution in [0.2, 0.25) is 20.2 Å². The summed E-state index contributed by atoms with van der Waals surface area (Å²) in [5.74, 6) is -0.530. The van der Waals surface area contributed by atoms with Gasteiger partial charge < -0.3 is 5.32 Å². The van der Waals surface area contributed by atoms with E-state index in [9.17, 15) is 4.79 Å². The molecular formula is C12H5BrCl4N2O. The van der Waals surface area contributed by atoms with Crippen LogP contribution in [0.1, 0.15) is 10.5 Å². The van der Waals surface area contributed by atoms with Gasteiger partial charge in [-0.05, 0) is 40.2 Å². The number of amides is 1. The number of halogens is 5. The van der Waals surface area contributed by atoms with Crippen LogP contribution in [-0.2, 0) is 0 Å². The van der Waals surface area contributed by atoms with E-state index in [1.807, 2.05) is 0 Å². The summed E-state index contributed by atoms with van der Waals surface area (Å²) in [4.78, 5) is 16.0. The number of nitrogens with zero attached hydrogens (tertiary/aromatic N) is 1. The number of hydrogen-bond acceptors (Lipinski definition) is 2. The summed E-state index contributed by atoms with van der Waals surface area (Å²) >= 11 is 26.9. The Balaban J connectivity index is 2.33. The monoisotopic (exact) mass is 412 g/mol. The van der Waals surface area contributed by atoms with E-state index in [-0.39, 0.29) is 20.9 Å². The third kappa shape index (κ3) is 3.38. The molecule has 2 rings (SSSR count). The Bertz CT molecular complexity index is 693. The van der Waals surface area contributed by atoms with Gasteiger partial charge in [-0.3, -0.25) is 4.79 Å². The van der Waals surface area contributed by atoms with Crippen LogP contribution in [0, 0.1) is 0 Å². The van der Waals surface area contributed by atoms with E-state index < -0.39 is 5.91 Å². The maximum Gasteiger partial charge on any atom is 0.275 e. The van der Waals surface area contributed by atoms with Crippen LogP contribution in [0.25, 0.3) is 0 Å². The van der Waals surface area contributed by atoms with Crippen molar-refractivity contribution in [1.82, 2.24) is 4.98 Å². The van der Waals surface area contributed by atoms with Gasteiger partial charge in [0, 0.05) is 4.47 Å². The van der Waals surface area contributed by atoms with Crippen molar-refractivity contribution in [3.05, 3.63) is 54.7 Å². The number of hydrogen-bond donors (Lipinski definition) is 1. The maximum atomic E-state index is 12.1. The van der Waals surface area contributed by atoms with Crippen LogP contribution in [0.5, 0.6) is 0 Å². The highest BCUT2D eigenvalue weighted by atomic mass is 79.9. The molecule has 0 aliphatic carbocycles. The second kappa shape index (κ2) is 6.50. The first-order valence-electron chi connectivity index (χ1n) is 5.17. The summed E-state index contributed by atoms with van der Waals surface area (Å²) < 4.78 is 0.626. The van der Waals surface area contributed by atoms with E-state index in [1.165, 1.54) is 12.1 Å². The summed E-state index contributed by atoms with van der Waals surface area (Å²) in [6, 6.07) is 6.25. The minimum Gasteiger partial charge on any atom is -0.319 e. The average Bonchev–Trinajstić information content (AvgIpc) is 2.42. The lowest BCUT2D eigenvalue weighted by Gasteiger charge is -2.09. The molecule has 0 fully saturated rings. The van der Waals surface area contributed by atoms with Crippen LogP contribution in [0.4, 0.5) is 5.69 Å². The first-order valence-corrected chi connectivity index (χ1v) is 7.47. The van der Waals surface area contributed by atoms with Crippen LogP contribution in [-0.4, -0.2) is 10.9 Å². The van der Waals surface area contributed by atoms with Gasteiger partial charge in [-0.15, -0.1) is 0 Å². The van der Waals surface area contributed by atoms with Crippen LogP contribution >= 0.6 is 62.3 Å². The van der Waals surface area contributed by atoms with E-state index in [4.69, 9.17) is 46.4 Å². The van der Waals surface area contributed by atoms with Crippen molar-refractivity contribution < 1.29 is 4.79 Å². The van der Waals surface area contributed by atoms with Crippen LogP contribution < -0.4 is 5.32 Å². The third-order valence-electron chi connectivity index (χ3n) is 2.31. The lowest BCUT2D eigenvalue weighted by atomic mass is 10.3. The van der Waals surface area contributed by atoms with E-state index in [0.717, 1.165) is 0 Å². The highest BCUT2D eigenvalue weighted by molar-refractivity contribution is 9.10. The van der Waals surface area contributed by atoms with Crippen molar-refractivity contribution in [2.24, 2.45) is 0 Å². The summed E-state index contributed by atoms with van der Waals surface area (Å²) in [7, 11) is 0. The van der Waals surface area contributed by atoms with Gasteiger partial charge in [-0.2, -0.15) is 0 Å². The molecule has 0 atom stereocenters. The lowest BCUT2D eigenvalue weighted by molar-refractivity contribution is 0.102. The Morgan fingerprint density at radius 3 is 2.45 bits per heavy atom. The van der Waals surface area contributed by atoms with Gasteiger partial charge in [-0.1, -0.05) is 46.4 Å². The summed E-state index contributed by atoms with van der Waals surface area (Å²) in [6.07, 6.45) is 0. The maximum absolute atomic E-state index is 12.1. The SMILES string of the molecule is O=C(Nc1ccc(Br)c(Cl)c1Cl)c1nc(Cl)ccc1Cl. The van der Waals surface area contributed by atoms with Gasteiger partial charge in [0.1, 0.15) is 10.8 Å². The summed E-state index contributed by atoms with van der Waals surface area (Å²) in [5.41, 5.74) is 0.358. The second-order valence-electron chi connectivity index (χ2n) is 3.64. The number of nitrogens with one attached hydrogen (secondary N) is 1. The van der Waals surface area contributed by atoms with Gasteiger partial charge in [0.05, 0.1) is 20.8 Å². The molecule has 3 nitrogen and oxygen atoms in total. The molecule has 0 aliphatic heterocycles. The Labute approximate surface area is 143 Å². The number of rotatable bonds is 2. The minimum absolute atomic E-state index is 0.00859. The standard InChI is InChI=1S/C12H5BrCl4N2O/c13-5-1-3-7(10(17)9(5)16)18-12(20)11-6(14)2-4-8(15)19-11/h1-4H,(H,18,20). The molecule has 1 amide bonds. The smallest absolute Gasteiger partial charge is 0.275 e. The van der Waals surface area contributed by atoms with E-state index in [2.05, 4.69) is 26.2 Å². The zero-order valence-corrected chi connectivity index (χ0v) is 14.2. The number of pyridine rings is 1. The van der Waals surface area contributed by atoms with Crippen molar-refractivity contribution in [3.63, 3.8) is 0 Å². The lowest BCUT2D eigenvalue weighted by Crippen LogP contribution is -2.14. The second-order valence-corrected chi connectivity index (χ2v) is 6.05. The molecule has 0 aliphatic rings. The molecule has 1 aromatic carbocycles. The Kier molecular flexibility index (Phi) is 5.15. The highest BCUT2D eigenvalue weighted by Crippen LogP contribution is 2.36. The van der Waals surface area contributed by atoms with E-state index >= 15 is 0 Å². The number of carbonyl (C=O) groups is 1. The van der Waals surface area contributed by atoms with Gasteiger partial charge >= 0.3 is 0 Å². The zero-order valence-electron chi connectivity index (χ0n) is 9.55. The molecule has 0 spiro atoms. The fraction of sp³-hybridized carbons (Fsp3) is 0. The molecule has 8 heteroatoms. The molecule has 0 bridgehead atoms. The summed E-state index contributed by atoms with van der Waals surface area (Å²) in [5, 5.41) is 3.45. The third-order valence-corrected chi connectivity index (χ3v) is 4.60. The van der Waals surface area contributed by atoms with E-state index in [0.29, 0.717) is 15.2 Å². The molecule has 0 unspecified atom stereocenters. The van der Waals surface area contributed by atoms with Crippen LogP contribution in [0.3, 0.4) is 0 Å². The molecule has 1 heterocycles. The topological polar surface area (TPSA) is 42.0 Å². The van der Waals surface area contributed by atoms with Gasteiger partial charge in [0.15, 0.2) is 0 Å². The quantitative estimate of drug-likeness (QED) is 0.505. The number of anilines is 1. The van der Waals surface area contributed by atoms with Crippen LogP contribution in [0.15, 0.2) is 28.7 Å². The summed E-state index contributed by atoms with van der Waals surface area (Å²) in [6.45, 7) is 0. The van der Waals surface area contributed by atoms with E-state index in [1.54, 1.807) is 12.1 Å². The Morgan fingerprint density at radius 1 is 1.05 bits per heavy atom. The number of benzene rings is 1. The predicted octanol–water partition coefficient (Wildman–Crippen LogP) is 5.71. The van der Waals surface area contributed by atoms with Crippen molar-refractivity contribution in [2.75, 3.05) is 5.32 Å². The Morgan fingerprint density at radius 2 is 1.75 bits per heavy atom. The molecule has 2 aromatic rings. The fourth-order valence-electron chi connectivity index (χ4n) is 1.38. The average molecular weight is 415 g/mol. The predicted molar refractivity (Wildman–Crippen MR) is 86.4 cm³/mol. The molecule has 20 heavy (non-hydrogen) atoms. The zero-order chi connectivity index (χ0) is 14.9. The van der Waals surface area contributed by atoms with Gasteiger partial charge in [0.2, 0.25) is 0 Å². The fourth-order valence-corrected chi connectivity index (χ4v) is 2.54. The van der Waals surface area contributed by atoms with Crippen molar-refractivity contribution in [2.45, 2.75) is 0 Å². The Hall–Kier alpha value is -0.520. The number of aromatic nitrogens is 1.